The molecule has 0 bridgehead atoms. The number of hydrogen-bond acceptors (Lipinski definition) is 3. The van der Waals surface area contributed by atoms with Gasteiger partial charge in [-0.3, -0.25) is 4.68 Å². The van der Waals surface area contributed by atoms with Crippen LogP contribution in [-0.4, -0.2) is 47.4 Å². The molecule has 1 aromatic carbocycles. The average molecular weight is 355 g/mol. The first kappa shape index (κ1) is 18.5. The number of nitrogens with one attached hydrogen (secondary N) is 1. The molecule has 2 heterocycles. The van der Waals surface area contributed by atoms with Gasteiger partial charge in [-0.05, 0) is 30.0 Å². The lowest BCUT2D eigenvalue weighted by Crippen LogP contribution is -2.40. The van der Waals surface area contributed by atoms with Gasteiger partial charge in [0.15, 0.2) is 5.96 Å². The van der Waals surface area contributed by atoms with Crippen molar-refractivity contribution in [3.63, 3.8) is 0 Å². The van der Waals surface area contributed by atoms with E-state index in [1.165, 1.54) is 16.7 Å². The Morgan fingerprint density at radius 2 is 2.08 bits per heavy atom. The molecule has 26 heavy (non-hydrogen) atoms. The van der Waals surface area contributed by atoms with Crippen molar-refractivity contribution in [3.8, 4) is 0 Å². The number of hydrogen-bond donors (Lipinski definition) is 1. The lowest BCUT2D eigenvalue weighted by Gasteiger charge is -2.21. The van der Waals surface area contributed by atoms with Crippen molar-refractivity contribution in [1.82, 2.24) is 20.0 Å². The monoisotopic (exact) mass is 355 g/mol. The van der Waals surface area contributed by atoms with Gasteiger partial charge >= 0.3 is 0 Å². The number of aryl methyl sites for hydroxylation is 1. The summed E-state index contributed by atoms with van der Waals surface area (Å²) >= 11 is 0. The highest BCUT2D eigenvalue weighted by Crippen LogP contribution is 2.26. The van der Waals surface area contributed by atoms with E-state index < -0.39 is 0 Å². The molecule has 1 N–H and O–H groups in total. The SMILES string of the molecule is CCNC(=NCc1ccc(COC)cc1)N1CCC(c2cnn(C)c2)C1. The number of aromatic nitrogens is 2. The van der Waals surface area contributed by atoms with Crippen LogP contribution in [0.4, 0.5) is 0 Å². The highest BCUT2D eigenvalue weighted by atomic mass is 16.5. The second kappa shape index (κ2) is 8.85. The molecule has 1 unspecified atom stereocenters. The zero-order chi connectivity index (χ0) is 18.4. The second-order valence-electron chi connectivity index (χ2n) is 6.80. The number of aliphatic imine (C=N–C) groups is 1. The molecule has 0 amide bonds. The molecule has 140 valence electrons. The van der Waals surface area contributed by atoms with E-state index in [2.05, 4.69) is 52.7 Å². The molecule has 0 aliphatic carbocycles. The lowest BCUT2D eigenvalue weighted by molar-refractivity contribution is 0.185. The van der Waals surface area contributed by atoms with Crippen LogP contribution in [0.5, 0.6) is 0 Å². The maximum Gasteiger partial charge on any atom is 0.194 e. The summed E-state index contributed by atoms with van der Waals surface area (Å²) < 4.78 is 7.04. The van der Waals surface area contributed by atoms with Gasteiger partial charge < -0.3 is 15.0 Å². The van der Waals surface area contributed by atoms with E-state index in [-0.39, 0.29) is 0 Å². The lowest BCUT2D eigenvalue weighted by atomic mass is 10.0. The fourth-order valence-electron chi connectivity index (χ4n) is 3.38. The van der Waals surface area contributed by atoms with E-state index in [1.54, 1.807) is 7.11 Å². The maximum atomic E-state index is 5.16. The van der Waals surface area contributed by atoms with Crippen LogP contribution in [0.1, 0.15) is 36.0 Å². The van der Waals surface area contributed by atoms with Gasteiger partial charge in [-0.25, -0.2) is 4.99 Å². The highest BCUT2D eigenvalue weighted by Gasteiger charge is 2.26. The van der Waals surface area contributed by atoms with Crippen LogP contribution in [-0.2, 0) is 24.9 Å². The van der Waals surface area contributed by atoms with Gasteiger partial charge in [0, 0.05) is 45.9 Å². The van der Waals surface area contributed by atoms with Gasteiger partial charge in [0.1, 0.15) is 0 Å². The van der Waals surface area contributed by atoms with Crippen molar-refractivity contribution < 1.29 is 4.74 Å². The Labute approximate surface area is 155 Å². The number of benzene rings is 1. The topological polar surface area (TPSA) is 54.7 Å². The Morgan fingerprint density at radius 3 is 2.73 bits per heavy atom. The molecule has 1 atom stereocenters. The largest absolute Gasteiger partial charge is 0.380 e. The summed E-state index contributed by atoms with van der Waals surface area (Å²) in [5, 5.41) is 7.75. The highest BCUT2D eigenvalue weighted by molar-refractivity contribution is 5.80. The van der Waals surface area contributed by atoms with Crippen molar-refractivity contribution in [2.75, 3.05) is 26.7 Å². The van der Waals surface area contributed by atoms with Crippen LogP contribution in [0.2, 0.25) is 0 Å². The molecule has 1 fully saturated rings. The summed E-state index contributed by atoms with van der Waals surface area (Å²) in [7, 11) is 3.69. The number of guanidine groups is 1. The molecule has 6 nitrogen and oxygen atoms in total. The standard InChI is InChI=1S/C20H29N5O/c1-4-21-20(22-11-16-5-7-17(8-6-16)15-26-3)25-10-9-18(14-25)19-12-23-24(2)13-19/h5-8,12-13,18H,4,9-11,14-15H2,1-3H3,(H,21,22). The molecule has 0 spiro atoms. The number of rotatable bonds is 6. The average Bonchev–Trinajstić information content (AvgIpc) is 3.29. The Bertz CT molecular complexity index is 722. The normalized spacial score (nSPS) is 17.7. The number of methoxy groups -OCH3 is 1. The molecule has 1 aliphatic heterocycles. The summed E-state index contributed by atoms with van der Waals surface area (Å²) in [5.74, 6) is 1.53. The number of nitrogens with zero attached hydrogens (tertiary/aromatic N) is 4. The molecule has 1 aromatic heterocycles. The zero-order valence-corrected chi connectivity index (χ0v) is 16.0. The molecule has 0 saturated carbocycles. The molecule has 1 aliphatic rings. The van der Waals surface area contributed by atoms with Gasteiger partial charge in [0.2, 0.25) is 0 Å². The minimum atomic E-state index is 0.529. The van der Waals surface area contributed by atoms with E-state index in [9.17, 15) is 0 Å². The van der Waals surface area contributed by atoms with E-state index >= 15 is 0 Å². The first-order valence-electron chi connectivity index (χ1n) is 9.28. The fraction of sp³-hybridized carbons (Fsp3) is 0.500. The predicted molar refractivity (Wildman–Crippen MR) is 104 cm³/mol. The number of ether oxygens (including phenoxy) is 1. The quantitative estimate of drug-likeness (QED) is 0.639. The number of likely N-dealkylation sites (tertiary alicyclic amines) is 1. The van der Waals surface area contributed by atoms with Crippen LogP contribution in [0.15, 0.2) is 41.7 Å². The summed E-state index contributed by atoms with van der Waals surface area (Å²) in [5.41, 5.74) is 3.72. The fourth-order valence-corrected chi connectivity index (χ4v) is 3.38. The van der Waals surface area contributed by atoms with E-state index in [4.69, 9.17) is 9.73 Å². The Hall–Kier alpha value is -2.34. The second-order valence-corrected chi connectivity index (χ2v) is 6.80. The molecular formula is C20H29N5O. The van der Waals surface area contributed by atoms with Crippen molar-refractivity contribution in [1.29, 1.82) is 0 Å². The first-order valence-corrected chi connectivity index (χ1v) is 9.28. The van der Waals surface area contributed by atoms with E-state index in [1.807, 2.05) is 17.9 Å². The molecule has 6 heteroatoms. The van der Waals surface area contributed by atoms with Gasteiger partial charge in [-0.15, -0.1) is 0 Å². The van der Waals surface area contributed by atoms with Gasteiger partial charge in [0.05, 0.1) is 19.3 Å². The van der Waals surface area contributed by atoms with Gasteiger partial charge in [-0.1, -0.05) is 24.3 Å². The summed E-state index contributed by atoms with van der Waals surface area (Å²) in [6, 6.07) is 8.47. The first-order chi connectivity index (χ1) is 12.7. The van der Waals surface area contributed by atoms with Crippen LogP contribution >= 0.6 is 0 Å². The van der Waals surface area contributed by atoms with Crippen LogP contribution in [0.25, 0.3) is 0 Å². The smallest absolute Gasteiger partial charge is 0.194 e. The summed E-state index contributed by atoms with van der Waals surface area (Å²) in [4.78, 5) is 7.22. The minimum absolute atomic E-state index is 0.529. The summed E-state index contributed by atoms with van der Waals surface area (Å²) in [6.45, 7) is 6.34. The van der Waals surface area contributed by atoms with Crippen molar-refractivity contribution in [2.24, 2.45) is 12.0 Å². The van der Waals surface area contributed by atoms with Crippen molar-refractivity contribution in [2.45, 2.75) is 32.4 Å². The third kappa shape index (κ3) is 4.64. The van der Waals surface area contributed by atoms with Crippen molar-refractivity contribution in [3.05, 3.63) is 53.3 Å². The van der Waals surface area contributed by atoms with Crippen LogP contribution < -0.4 is 5.32 Å². The predicted octanol–water partition coefficient (Wildman–Crippen LogP) is 2.52. The van der Waals surface area contributed by atoms with Crippen molar-refractivity contribution >= 4 is 5.96 Å². The Kier molecular flexibility index (Phi) is 6.28. The molecule has 1 saturated heterocycles. The van der Waals surface area contributed by atoms with Gasteiger partial charge in [0.25, 0.3) is 0 Å². The molecule has 2 aromatic rings. The molecule has 0 radical (unpaired) electrons. The van der Waals surface area contributed by atoms with Crippen LogP contribution in [0, 0.1) is 0 Å². The molecular weight excluding hydrogens is 326 g/mol. The third-order valence-corrected chi connectivity index (χ3v) is 4.76. The summed E-state index contributed by atoms with van der Waals surface area (Å²) in [6.07, 6.45) is 5.25. The third-order valence-electron chi connectivity index (χ3n) is 4.76. The van der Waals surface area contributed by atoms with Gasteiger partial charge in [-0.2, -0.15) is 5.10 Å². The van der Waals surface area contributed by atoms with E-state index in [0.29, 0.717) is 19.1 Å². The Balaban J connectivity index is 1.63. The zero-order valence-electron chi connectivity index (χ0n) is 16.0. The van der Waals surface area contributed by atoms with Crippen LogP contribution in [0.3, 0.4) is 0 Å². The maximum absolute atomic E-state index is 5.16. The van der Waals surface area contributed by atoms with E-state index in [0.717, 1.165) is 32.0 Å². The Morgan fingerprint density at radius 1 is 1.31 bits per heavy atom. The minimum Gasteiger partial charge on any atom is -0.380 e. The molecule has 3 rings (SSSR count).